The van der Waals surface area contributed by atoms with Crippen LogP contribution in [-0.2, 0) is 11.3 Å². The summed E-state index contributed by atoms with van der Waals surface area (Å²) in [6.45, 7) is 4.71. The van der Waals surface area contributed by atoms with Crippen molar-refractivity contribution in [3.05, 3.63) is 60.2 Å². The van der Waals surface area contributed by atoms with Crippen molar-refractivity contribution >= 4 is 5.97 Å². The van der Waals surface area contributed by atoms with E-state index >= 15 is 0 Å². The molecule has 2 rings (SSSR count). The van der Waals surface area contributed by atoms with Crippen LogP contribution in [0.3, 0.4) is 0 Å². The molecule has 0 radical (unpaired) electrons. The van der Waals surface area contributed by atoms with E-state index in [1.807, 2.05) is 42.5 Å². The lowest BCUT2D eigenvalue weighted by Crippen LogP contribution is -2.29. The second-order valence-corrected chi connectivity index (χ2v) is 6.64. The van der Waals surface area contributed by atoms with E-state index in [0.29, 0.717) is 13.0 Å². The lowest BCUT2D eigenvalue weighted by atomic mass is 10.1. The zero-order valence-corrected chi connectivity index (χ0v) is 16.1. The number of nitrogens with zero attached hydrogens (tertiary/aromatic N) is 1. The van der Waals surface area contributed by atoms with Crippen molar-refractivity contribution in [3.63, 3.8) is 0 Å². The molecule has 0 spiro atoms. The van der Waals surface area contributed by atoms with Crippen LogP contribution in [0, 0.1) is 5.92 Å². The van der Waals surface area contributed by atoms with Crippen molar-refractivity contribution in [3.8, 4) is 11.5 Å². The molecule has 5 heteroatoms. The summed E-state index contributed by atoms with van der Waals surface area (Å²) in [7, 11) is 1.63. The summed E-state index contributed by atoms with van der Waals surface area (Å²) < 4.78 is 11.2. The summed E-state index contributed by atoms with van der Waals surface area (Å²) in [5.41, 5.74) is 1.24. The highest BCUT2D eigenvalue weighted by Gasteiger charge is 2.13. The third kappa shape index (κ3) is 7.31. The highest BCUT2D eigenvalue weighted by atomic mass is 16.5. The Labute approximate surface area is 161 Å². The Bertz CT molecular complexity index is 690. The van der Waals surface area contributed by atoms with Crippen LogP contribution in [0.15, 0.2) is 54.6 Å². The molecule has 1 N–H and O–H groups in total. The van der Waals surface area contributed by atoms with E-state index in [9.17, 15) is 4.79 Å². The van der Waals surface area contributed by atoms with Crippen LogP contribution < -0.4 is 9.47 Å². The van der Waals surface area contributed by atoms with Gasteiger partial charge in [0.2, 0.25) is 0 Å². The van der Waals surface area contributed by atoms with Gasteiger partial charge in [-0.2, -0.15) is 0 Å². The number of para-hydroxylation sites is 2. The molecule has 0 amide bonds. The van der Waals surface area contributed by atoms with E-state index in [2.05, 4.69) is 17.0 Å². The number of methoxy groups -OCH3 is 1. The summed E-state index contributed by atoms with van der Waals surface area (Å²) in [4.78, 5) is 13.3. The number of rotatable bonds is 12. The van der Waals surface area contributed by atoms with Gasteiger partial charge in [0, 0.05) is 13.1 Å². The average molecular weight is 371 g/mol. The standard InChI is InChI=1S/C22H29NO4/c1-18(22(24)25)9-8-14-23(17-19-10-4-3-5-11-19)15-16-27-21-13-7-6-12-20(21)26-2/h3-7,10-13,18H,8-9,14-17H2,1-2H3,(H,24,25). The molecule has 2 aromatic carbocycles. The molecule has 0 aliphatic carbocycles. The second kappa shape index (κ2) is 11.2. The summed E-state index contributed by atoms with van der Waals surface area (Å²) in [6, 6.07) is 17.9. The minimum absolute atomic E-state index is 0.312. The second-order valence-electron chi connectivity index (χ2n) is 6.64. The van der Waals surface area contributed by atoms with Crippen LogP contribution in [0.2, 0.25) is 0 Å². The molecule has 0 aliphatic heterocycles. The van der Waals surface area contributed by atoms with Crippen LogP contribution in [0.4, 0.5) is 0 Å². The van der Waals surface area contributed by atoms with Gasteiger partial charge in [-0.1, -0.05) is 49.4 Å². The van der Waals surface area contributed by atoms with Gasteiger partial charge >= 0.3 is 5.97 Å². The number of aliphatic carboxylic acids is 1. The molecule has 0 aliphatic rings. The zero-order valence-electron chi connectivity index (χ0n) is 16.1. The summed E-state index contributed by atoms with van der Waals surface area (Å²) in [5.74, 6) is 0.416. The Balaban J connectivity index is 1.89. The number of carboxylic acid groups (broad SMARTS) is 1. The van der Waals surface area contributed by atoms with E-state index < -0.39 is 5.97 Å². The molecule has 1 unspecified atom stereocenters. The molecule has 0 fully saturated rings. The van der Waals surface area contributed by atoms with Gasteiger partial charge in [0.05, 0.1) is 13.0 Å². The quantitative estimate of drug-likeness (QED) is 0.609. The Morgan fingerprint density at radius 1 is 1.04 bits per heavy atom. The van der Waals surface area contributed by atoms with Crippen molar-refractivity contribution in [2.45, 2.75) is 26.3 Å². The molecule has 0 bridgehead atoms. The van der Waals surface area contributed by atoms with Crippen LogP contribution in [0.1, 0.15) is 25.3 Å². The van der Waals surface area contributed by atoms with Crippen molar-refractivity contribution in [2.75, 3.05) is 26.8 Å². The molecule has 27 heavy (non-hydrogen) atoms. The number of hydrogen-bond acceptors (Lipinski definition) is 4. The van der Waals surface area contributed by atoms with Gasteiger partial charge in [-0.05, 0) is 37.1 Å². The molecule has 146 valence electrons. The predicted octanol–water partition coefficient (Wildman–Crippen LogP) is 4.08. The zero-order chi connectivity index (χ0) is 19.5. The number of carboxylic acids is 1. The van der Waals surface area contributed by atoms with Crippen molar-refractivity contribution in [2.24, 2.45) is 5.92 Å². The SMILES string of the molecule is COc1ccccc1OCCN(CCCC(C)C(=O)O)Cc1ccccc1. The first-order valence-corrected chi connectivity index (χ1v) is 9.35. The van der Waals surface area contributed by atoms with E-state index in [1.54, 1.807) is 14.0 Å². The maximum atomic E-state index is 11.0. The Morgan fingerprint density at radius 2 is 1.70 bits per heavy atom. The van der Waals surface area contributed by atoms with E-state index in [0.717, 1.165) is 37.6 Å². The van der Waals surface area contributed by atoms with Crippen molar-refractivity contribution in [1.29, 1.82) is 0 Å². The smallest absolute Gasteiger partial charge is 0.306 e. The number of carbonyl (C=O) groups is 1. The topological polar surface area (TPSA) is 59.0 Å². The predicted molar refractivity (Wildman–Crippen MR) is 106 cm³/mol. The van der Waals surface area contributed by atoms with Crippen LogP contribution in [-0.4, -0.2) is 42.8 Å². The monoisotopic (exact) mass is 371 g/mol. The molecular weight excluding hydrogens is 342 g/mol. The van der Waals surface area contributed by atoms with Gasteiger partial charge in [0.25, 0.3) is 0 Å². The molecular formula is C22H29NO4. The molecule has 2 aromatic rings. The summed E-state index contributed by atoms with van der Waals surface area (Å²) >= 11 is 0. The van der Waals surface area contributed by atoms with Gasteiger partial charge < -0.3 is 14.6 Å². The van der Waals surface area contributed by atoms with E-state index in [1.165, 1.54) is 5.56 Å². The minimum Gasteiger partial charge on any atom is -0.493 e. The Hall–Kier alpha value is -2.53. The summed E-state index contributed by atoms with van der Waals surface area (Å²) in [5, 5.41) is 9.05. The summed E-state index contributed by atoms with van der Waals surface area (Å²) in [6.07, 6.45) is 1.52. The molecule has 0 heterocycles. The molecule has 1 atom stereocenters. The third-order valence-corrected chi connectivity index (χ3v) is 4.52. The Kier molecular flexibility index (Phi) is 8.65. The first-order chi connectivity index (χ1) is 13.1. The number of ether oxygens (including phenoxy) is 2. The van der Waals surface area contributed by atoms with Crippen molar-refractivity contribution < 1.29 is 19.4 Å². The molecule has 0 saturated carbocycles. The first kappa shape index (κ1) is 20.8. The number of hydrogen-bond donors (Lipinski definition) is 1. The fourth-order valence-corrected chi connectivity index (χ4v) is 2.88. The van der Waals surface area contributed by atoms with Gasteiger partial charge in [-0.25, -0.2) is 0 Å². The molecule has 0 saturated heterocycles. The molecule has 0 aromatic heterocycles. The Morgan fingerprint density at radius 3 is 2.37 bits per heavy atom. The van der Waals surface area contributed by atoms with Gasteiger partial charge in [0.1, 0.15) is 6.61 Å². The van der Waals surface area contributed by atoms with Gasteiger partial charge in [0.15, 0.2) is 11.5 Å². The maximum Gasteiger partial charge on any atom is 0.306 e. The first-order valence-electron chi connectivity index (χ1n) is 9.35. The fraction of sp³-hybridized carbons (Fsp3) is 0.409. The highest BCUT2D eigenvalue weighted by Crippen LogP contribution is 2.25. The van der Waals surface area contributed by atoms with E-state index in [4.69, 9.17) is 14.6 Å². The minimum atomic E-state index is -0.732. The van der Waals surface area contributed by atoms with Gasteiger partial charge in [-0.3, -0.25) is 9.69 Å². The van der Waals surface area contributed by atoms with Crippen LogP contribution in [0.25, 0.3) is 0 Å². The van der Waals surface area contributed by atoms with Crippen LogP contribution >= 0.6 is 0 Å². The molecule has 5 nitrogen and oxygen atoms in total. The van der Waals surface area contributed by atoms with Crippen LogP contribution in [0.5, 0.6) is 11.5 Å². The van der Waals surface area contributed by atoms with Crippen molar-refractivity contribution in [1.82, 2.24) is 4.90 Å². The maximum absolute atomic E-state index is 11.0. The van der Waals surface area contributed by atoms with E-state index in [-0.39, 0.29) is 5.92 Å². The third-order valence-electron chi connectivity index (χ3n) is 4.52. The average Bonchev–Trinajstić information content (AvgIpc) is 2.68. The number of benzene rings is 2. The van der Waals surface area contributed by atoms with Gasteiger partial charge in [-0.15, -0.1) is 0 Å². The highest BCUT2D eigenvalue weighted by molar-refractivity contribution is 5.69. The lowest BCUT2D eigenvalue weighted by molar-refractivity contribution is -0.141. The normalized spacial score (nSPS) is 12.0. The fourth-order valence-electron chi connectivity index (χ4n) is 2.88. The lowest BCUT2D eigenvalue weighted by Gasteiger charge is -2.23. The largest absolute Gasteiger partial charge is 0.493 e.